The monoisotopic (exact) mass is 265 g/mol. The fraction of sp³-hybridized carbons (Fsp3) is 0.125. The highest BCUT2D eigenvalue weighted by Crippen LogP contribution is 2.17. The normalized spacial score (nSPS) is 11.2. The van der Waals surface area contributed by atoms with Crippen molar-refractivity contribution in [3.8, 4) is 0 Å². The Morgan fingerprint density at radius 2 is 2.31 bits per heavy atom. The molecule has 1 N–H and O–H groups in total. The smallest absolute Gasteiger partial charge is 0.170 e. The van der Waals surface area contributed by atoms with Gasteiger partial charge in [-0.2, -0.15) is 0 Å². The van der Waals surface area contributed by atoms with Crippen LogP contribution >= 0.6 is 15.9 Å². The molecule has 0 aromatic heterocycles. The molecule has 0 aliphatic heterocycles. The van der Waals surface area contributed by atoms with Crippen molar-refractivity contribution < 1.29 is 8.94 Å². The number of alkyl halides is 1. The molecule has 0 aliphatic carbocycles. The average Bonchev–Trinajstić information content (AvgIpc) is 2.16. The van der Waals surface area contributed by atoms with Gasteiger partial charge in [-0.15, -0.1) is 0 Å². The van der Waals surface area contributed by atoms with Crippen molar-refractivity contribution in [2.24, 2.45) is 0 Å². The SMILES string of the molecule is N=C[SH2+]([O-])c1ccc(CBr)cc1F. The maximum Gasteiger partial charge on any atom is 0.170 e. The average molecular weight is 266 g/mol. The Hall–Kier alpha value is -0.390. The molecule has 1 rings (SSSR count). The van der Waals surface area contributed by atoms with Crippen LogP contribution in [0.3, 0.4) is 0 Å². The van der Waals surface area contributed by atoms with Crippen LogP contribution in [0.2, 0.25) is 0 Å². The van der Waals surface area contributed by atoms with E-state index in [0.717, 1.165) is 11.1 Å². The van der Waals surface area contributed by atoms with Crippen molar-refractivity contribution in [2.75, 3.05) is 0 Å². The topological polar surface area (TPSA) is 46.9 Å². The van der Waals surface area contributed by atoms with E-state index >= 15 is 0 Å². The van der Waals surface area contributed by atoms with E-state index in [1.807, 2.05) is 0 Å². The van der Waals surface area contributed by atoms with Crippen LogP contribution in [0, 0.1) is 11.2 Å². The van der Waals surface area contributed by atoms with Crippen molar-refractivity contribution >= 4 is 32.7 Å². The van der Waals surface area contributed by atoms with Gasteiger partial charge >= 0.3 is 0 Å². The van der Waals surface area contributed by atoms with Gasteiger partial charge in [0, 0.05) is 5.33 Å². The molecule has 13 heavy (non-hydrogen) atoms. The number of rotatable bonds is 3. The lowest BCUT2D eigenvalue weighted by Crippen LogP contribution is -2.04. The summed E-state index contributed by atoms with van der Waals surface area (Å²) in [6, 6.07) is 4.49. The number of benzene rings is 1. The second-order valence-electron chi connectivity index (χ2n) is 2.46. The van der Waals surface area contributed by atoms with Gasteiger partial charge in [0.15, 0.2) is 5.82 Å². The third-order valence-corrected chi connectivity index (χ3v) is 3.43. The van der Waals surface area contributed by atoms with Crippen molar-refractivity contribution in [1.29, 1.82) is 5.41 Å². The third kappa shape index (κ3) is 2.52. The molecule has 0 fully saturated rings. The summed E-state index contributed by atoms with van der Waals surface area (Å²) in [6.45, 7) is 0. The maximum atomic E-state index is 13.2. The van der Waals surface area contributed by atoms with Crippen LogP contribution in [0.15, 0.2) is 23.1 Å². The van der Waals surface area contributed by atoms with E-state index in [4.69, 9.17) is 5.41 Å². The van der Waals surface area contributed by atoms with Crippen molar-refractivity contribution in [3.63, 3.8) is 0 Å². The minimum atomic E-state index is -2.36. The molecule has 2 nitrogen and oxygen atoms in total. The lowest BCUT2D eigenvalue weighted by atomic mass is 10.2. The first-order valence-electron chi connectivity index (χ1n) is 3.58. The molecule has 1 aromatic rings. The first-order chi connectivity index (χ1) is 6.19. The zero-order chi connectivity index (χ0) is 9.84. The molecule has 0 heterocycles. The highest BCUT2D eigenvalue weighted by atomic mass is 79.9. The summed E-state index contributed by atoms with van der Waals surface area (Å²) in [4.78, 5) is 0.129. The minimum absolute atomic E-state index is 0.129. The van der Waals surface area contributed by atoms with E-state index < -0.39 is 17.0 Å². The highest BCUT2D eigenvalue weighted by molar-refractivity contribution is 9.08. The Balaban J connectivity index is 3.04. The first-order valence-corrected chi connectivity index (χ1v) is 6.19. The van der Waals surface area contributed by atoms with Gasteiger partial charge in [-0.1, -0.05) is 22.0 Å². The summed E-state index contributed by atoms with van der Waals surface area (Å²) in [5, 5.41) is 7.34. The number of halogens is 2. The van der Waals surface area contributed by atoms with Gasteiger partial charge in [0.1, 0.15) is 10.4 Å². The summed E-state index contributed by atoms with van der Waals surface area (Å²) >= 11 is 0.829. The standard InChI is InChI=1S/C8H9BrFNOS/c9-4-6-1-2-8(7(10)3-6)13(12)5-11/h1-3,5,11H,4,13H2. The molecule has 5 heteroatoms. The molecule has 1 aromatic carbocycles. The molecule has 0 saturated heterocycles. The molecule has 0 amide bonds. The predicted molar refractivity (Wildman–Crippen MR) is 57.0 cm³/mol. The number of hydrogen-bond acceptors (Lipinski definition) is 2. The summed E-state index contributed by atoms with van der Waals surface area (Å²) in [6.07, 6.45) is 0. The molecule has 0 saturated carbocycles. The van der Waals surface area contributed by atoms with E-state index in [9.17, 15) is 8.94 Å². The Bertz CT molecular complexity index is 321. The molecule has 0 atom stereocenters. The maximum absolute atomic E-state index is 13.2. The zero-order valence-corrected chi connectivity index (χ0v) is 9.27. The van der Waals surface area contributed by atoms with Crippen molar-refractivity contribution in [2.45, 2.75) is 10.2 Å². The van der Waals surface area contributed by atoms with Gasteiger partial charge in [-0.3, -0.25) is 5.41 Å². The summed E-state index contributed by atoms with van der Waals surface area (Å²) < 4.78 is 24.3. The molecule has 0 unspecified atom stereocenters. The summed E-state index contributed by atoms with van der Waals surface area (Å²) in [7, 11) is 0. The largest absolute Gasteiger partial charge is 0.679 e. The fourth-order valence-corrected chi connectivity index (χ4v) is 1.98. The second-order valence-corrected chi connectivity index (χ2v) is 4.57. The molecule has 0 radical (unpaired) electrons. The Morgan fingerprint density at radius 3 is 2.77 bits per heavy atom. The van der Waals surface area contributed by atoms with E-state index in [1.165, 1.54) is 12.1 Å². The quantitative estimate of drug-likeness (QED) is 0.386. The van der Waals surface area contributed by atoms with E-state index in [0.29, 0.717) is 5.33 Å². The Kier molecular flexibility index (Phi) is 3.90. The van der Waals surface area contributed by atoms with E-state index in [1.54, 1.807) is 6.07 Å². The van der Waals surface area contributed by atoms with Gasteiger partial charge in [0.05, 0.1) is 0 Å². The summed E-state index contributed by atoms with van der Waals surface area (Å²) in [5.41, 5.74) is 1.58. The van der Waals surface area contributed by atoms with Crippen LogP contribution in [0.1, 0.15) is 5.56 Å². The molecule has 0 aliphatic rings. The minimum Gasteiger partial charge on any atom is -0.679 e. The molecular formula is C8H9BrFNOS. The van der Waals surface area contributed by atoms with Crippen LogP contribution in [0.4, 0.5) is 4.39 Å². The van der Waals surface area contributed by atoms with Gasteiger partial charge < -0.3 is 4.55 Å². The van der Waals surface area contributed by atoms with Gasteiger partial charge in [-0.05, 0) is 17.7 Å². The predicted octanol–water partition coefficient (Wildman–Crippen LogP) is 1.90. The lowest BCUT2D eigenvalue weighted by molar-refractivity contribution is 0.573. The van der Waals surface area contributed by atoms with Crippen LogP contribution < -0.4 is 0 Å². The Labute approximate surface area is 87.0 Å². The Morgan fingerprint density at radius 1 is 1.62 bits per heavy atom. The third-order valence-electron chi connectivity index (χ3n) is 1.58. The van der Waals surface area contributed by atoms with E-state index in [-0.39, 0.29) is 4.90 Å². The van der Waals surface area contributed by atoms with Crippen LogP contribution in [-0.2, 0) is 16.5 Å². The second kappa shape index (κ2) is 4.74. The molecule has 0 bridgehead atoms. The van der Waals surface area contributed by atoms with Crippen molar-refractivity contribution in [1.82, 2.24) is 0 Å². The molecule has 0 spiro atoms. The number of hydrogen-bond donors (Lipinski definition) is 1. The fourth-order valence-electron chi connectivity index (χ4n) is 0.919. The van der Waals surface area contributed by atoms with Gasteiger partial charge in [-0.25, -0.2) is 15.6 Å². The summed E-state index contributed by atoms with van der Waals surface area (Å²) in [5.74, 6) is -0.496. The zero-order valence-electron chi connectivity index (χ0n) is 6.68. The van der Waals surface area contributed by atoms with Crippen LogP contribution in [-0.4, -0.2) is 10.1 Å². The van der Waals surface area contributed by atoms with E-state index in [2.05, 4.69) is 15.9 Å². The van der Waals surface area contributed by atoms with Crippen LogP contribution in [0.5, 0.6) is 0 Å². The lowest BCUT2D eigenvalue weighted by Gasteiger charge is -2.16. The highest BCUT2D eigenvalue weighted by Gasteiger charge is 2.06. The van der Waals surface area contributed by atoms with Crippen molar-refractivity contribution in [3.05, 3.63) is 29.6 Å². The molecule has 72 valence electrons. The first kappa shape index (κ1) is 10.7. The number of nitrogens with one attached hydrogen (secondary N) is 1. The van der Waals surface area contributed by atoms with Gasteiger partial charge in [0.25, 0.3) is 0 Å². The molecular weight excluding hydrogens is 257 g/mol. The van der Waals surface area contributed by atoms with Crippen LogP contribution in [0.25, 0.3) is 0 Å². The van der Waals surface area contributed by atoms with Gasteiger partial charge in [0.2, 0.25) is 0 Å².